The van der Waals surface area contributed by atoms with Crippen molar-refractivity contribution in [1.29, 1.82) is 0 Å². The molecule has 1 fully saturated rings. The first kappa shape index (κ1) is 22.3. The molecule has 1 aliphatic rings. The predicted octanol–water partition coefficient (Wildman–Crippen LogP) is 3.41. The van der Waals surface area contributed by atoms with Crippen molar-refractivity contribution in [3.05, 3.63) is 48.5 Å². The zero-order valence-corrected chi connectivity index (χ0v) is 18.6. The van der Waals surface area contributed by atoms with Gasteiger partial charge in [0.25, 0.3) is 0 Å². The predicted molar refractivity (Wildman–Crippen MR) is 119 cm³/mol. The van der Waals surface area contributed by atoms with Crippen molar-refractivity contribution in [3.63, 3.8) is 0 Å². The second-order valence-electron chi connectivity index (χ2n) is 7.11. The molecule has 0 aromatic heterocycles. The van der Waals surface area contributed by atoms with Crippen LogP contribution in [0.25, 0.3) is 0 Å². The van der Waals surface area contributed by atoms with Crippen LogP contribution in [0.5, 0.6) is 0 Å². The lowest BCUT2D eigenvalue weighted by Crippen LogP contribution is -2.41. The quantitative estimate of drug-likeness (QED) is 0.662. The number of nitrogens with one attached hydrogen (secondary N) is 2. The summed E-state index contributed by atoms with van der Waals surface area (Å²) in [4.78, 5) is 25.1. The molecule has 1 aliphatic heterocycles. The van der Waals surface area contributed by atoms with Gasteiger partial charge in [0.1, 0.15) is 0 Å². The maximum atomic E-state index is 12.9. The highest BCUT2D eigenvalue weighted by molar-refractivity contribution is 7.98. The molecule has 2 aromatic rings. The summed E-state index contributed by atoms with van der Waals surface area (Å²) in [6.45, 7) is 2.03. The molecule has 0 radical (unpaired) electrons. The molecule has 0 saturated carbocycles. The van der Waals surface area contributed by atoms with Gasteiger partial charge in [-0.15, -0.1) is 11.8 Å². The van der Waals surface area contributed by atoms with Gasteiger partial charge in [0.15, 0.2) is 0 Å². The summed E-state index contributed by atoms with van der Waals surface area (Å²) >= 11 is 1.56. The molecule has 0 aliphatic carbocycles. The highest BCUT2D eigenvalue weighted by atomic mass is 32.2. The number of carbonyl (C=O) groups is 2. The second-order valence-corrected chi connectivity index (χ2v) is 9.92. The minimum atomic E-state index is -3.56. The molecule has 7 nitrogen and oxygen atoms in total. The topological polar surface area (TPSA) is 95.6 Å². The Labute approximate surface area is 181 Å². The average molecular weight is 448 g/mol. The monoisotopic (exact) mass is 447 g/mol. The number of amides is 2. The SMILES string of the molecule is CSc1ccc(S(=O)(=O)N2CCC(C(=O)Nc3cccc(NC(C)=O)c3)CC2)cc1. The minimum Gasteiger partial charge on any atom is -0.326 e. The van der Waals surface area contributed by atoms with Crippen LogP contribution in [0.3, 0.4) is 0 Å². The van der Waals surface area contributed by atoms with E-state index in [1.54, 1.807) is 60.3 Å². The van der Waals surface area contributed by atoms with Crippen LogP contribution in [0.15, 0.2) is 58.3 Å². The number of carbonyl (C=O) groups excluding carboxylic acids is 2. The second kappa shape index (κ2) is 9.63. The minimum absolute atomic E-state index is 0.142. The van der Waals surface area contributed by atoms with Gasteiger partial charge in [-0.1, -0.05) is 6.07 Å². The van der Waals surface area contributed by atoms with Crippen LogP contribution in [-0.4, -0.2) is 43.9 Å². The first-order chi connectivity index (χ1) is 14.3. The van der Waals surface area contributed by atoms with E-state index in [1.165, 1.54) is 11.2 Å². The van der Waals surface area contributed by atoms with E-state index >= 15 is 0 Å². The van der Waals surface area contributed by atoms with Crippen molar-refractivity contribution in [2.75, 3.05) is 30.0 Å². The number of anilines is 2. The van der Waals surface area contributed by atoms with Gasteiger partial charge in [-0.25, -0.2) is 8.42 Å². The third-order valence-corrected chi connectivity index (χ3v) is 7.63. The largest absolute Gasteiger partial charge is 0.326 e. The Morgan fingerprint density at radius 2 is 1.60 bits per heavy atom. The Morgan fingerprint density at radius 1 is 1.00 bits per heavy atom. The zero-order chi connectivity index (χ0) is 21.7. The standard InChI is InChI=1S/C21H25N3O4S2/c1-15(25)22-17-4-3-5-18(14-17)23-21(26)16-10-12-24(13-11-16)30(27,28)20-8-6-19(29-2)7-9-20/h3-9,14,16H,10-13H2,1-2H3,(H,22,25)(H,23,26). The van der Waals surface area contributed by atoms with E-state index in [2.05, 4.69) is 10.6 Å². The summed E-state index contributed by atoms with van der Waals surface area (Å²) in [6.07, 6.45) is 2.86. The maximum Gasteiger partial charge on any atom is 0.243 e. The molecule has 0 atom stereocenters. The molecular weight excluding hydrogens is 422 g/mol. The Hall–Kier alpha value is -2.36. The number of sulfonamides is 1. The fraction of sp³-hybridized carbons (Fsp3) is 0.333. The number of piperidine rings is 1. The molecule has 1 saturated heterocycles. The van der Waals surface area contributed by atoms with Crippen molar-refractivity contribution >= 4 is 45.0 Å². The van der Waals surface area contributed by atoms with Crippen LogP contribution in [-0.2, 0) is 19.6 Å². The summed E-state index contributed by atoms with van der Waals surface area (Å²) in [6, 6.07) is 13.8. The Bertz CT molecular complexity index is 1010. The molecule has 9 heteroatoms. The van der Waals surface area contributed by atoms with Crippen molar-refractivity contribution in [1.82, 2.24) is 4.31 Å². The summed E-state index contributed by atoms with van der Waals surface area (Å²) in [7, 11) is -3.56. The molecule has 2 amide bonds. The molecule has 30 heavy (non-hydrogen) atoms. The van der Waals surface area contributed by atoms with Gasteiger partial charge in [-0.3, -0.25) is 9.59 Å². The van der Waals surface area contributed by atoms with Gasteiger partial charge < -0.3 is 10.6 Å². The van der Waals surface area contributed by atoms with Crippen LogP contribution in [0.1, 0.15) is 19.8 Å². The van der Waals surface area contributed by atoms with Crippen LogP contribution in [0.4, 0.5) is 11.4 Å². The summed E-state index contributed by atoms with van der Waals surface area (Å²) < 4.78 is 27.2. The van der Waals surface area contributed by atoms with E-state index in [4.69, 9.17) is 0 Å². The van der Waals surface area contributed by atoms with Gasteiger partial charge in [0.05, 0.1) is 4.90 Å². The molecule has 160 valence electrons. The molecular formula is C21H25N3O4S2. The highest BCUT2D eigenvalue weighted by Crippen LogP contribution is 2.26. The average Bonchev–Trinajstić information content (AvgIpc) is 2.73. The van der Waals surface area contributed by atoms with E-state index in [1.807, 2.05) is 6.26 Å². The Morgan fingerprint density at radius 3 is 2.17 bits per heavy atom. The fourth-order valence-electron chi connectivity index (χ4n) is 3.38. The zero-order valence-electron chi connectivity index (χ0n) is 16.9. The molecule has 0 spiro atoms. The number of thioether (sulfide) groups is 1. The first-order valence-electron chi connectivity index (χ1n) is 9.62. The van der Waals surface area contributed by atoms with Gasteiger partial charge in [0, 0.05) is 42.2 Å². The first-order valence-corrected chi connectivity index (χ1v) is 12.3. The third-order valence-electron chi connectivity index (χ3n) is 4.97. The molecule has 2 N–H and O–H groups in total. The van der Waals surface area contributed by atoms with E-state index in [-0.39, 0.29) is 22.6 Å². The van der Waals surface area contributed by atoms with Crippen molar-refractivity contribution < 1.29 is 18.0 Å². The lowest BCUT2D eigenvalue weighted by Gasteiger charge is -2.30. The summed E-state index contributed by atoms with van der Waals surface area (Å²) in [5.41, 5.74) is 1.20. The lowest BCUT2D eigenvalue weighted by molar-refractivity contribution is -0.121. The highest BCUT2D eigenvalue weighted by Gasteiger charge is 2.32. The normalized spacial score (nSPS) is 15.5. The van der Waals surface area contributed by atoms with Gasteiger partial charge in [-0.05, 0) is 61.6 Å². The molecule has 0 unspecified atom stereocenters. The number of nitrogens with zero attached hydrogens (tertiary/aromatic N) is 1. The van der Waals surface area contributed by atoms with E-state index in [0.717, 1.165) is 4.90 Å². The van der Waals surface area contributed by atoms with Gasteiger partial charge >= 0.3 is 0 Å². The number of benzene rings is 2. The Balaban J connectivity index is 1.59. The Kier molecular flexibility index (Phi) is 7.17. The molecule has 1 heterocycles. The van der Waals surface area contributed by atoms with E-state index in [0.29, 0.717) is 37.3 Å². The molecule has 3 rings (SSSR count). The lowest BCUT2D eigenvalue weighted by atomic mass is 9.97. The van der Waals surface area contributed by atoms with Crippen LogP contribution in [0, 0.1) is 5.92 Å². The van der Waals surface area contributed by atoms with Gasteiger partial charge in [-0.2, -0.15) is 4.31 Å². The van der Waals surface area contributed by atoms with E-state index < -0.39 is 10.0 Å². The van der Waals surface area contributed by atoms with Gasteiger partial charge in [0.2, 0.25) is 21.8 Å². The van der Waals surface area contributed by atoms with Crippen molar-refractivity contribution in [2.24, 2.45) is 5.92 Å². The number of hydrogen-bond donors (Lipinski definition) is 2. The van der Waals surface area contributed by atoms with Crippen LogP contribution < -0.4 is 10.6 Å². The fourth-order valence-corrected chi connectivity index (χ4v) is 5.26. The van der Waals surface area contributed by atoms with Crippen molar-refractivity contribution in [2.45, 2.75) is 29.6 Å². The number of rotatable bonds is 6. The maximum absolute atomic E-state index is 12.9. The van der Waals surface area contributed by atoms with Crippen LogP contribution in [0.2, 0.25) is 0 Å². The summed E-state index contributed by atoms with van der Waals surface area (Å²) in [5.74, 6) is -0.591. The van der Waals surface area contributed by atoms with Crippen molar-refractivity contribution in [3.8, 4) is 0 Å². The number of hydrogen-bond acceptors (Lipinski definition) is 5. The smallest absolute Gasteiger partial charge is 0.243 e. The molecule has 2 aromatic carbocycles. The van der Waals surface area contributed by atoms with Crippen LogP contribution >= 0.6 is 11.8 Å². The summed E-state index contributed by atoms with van der Waals surface area (Å²) in [5, 5.41) is 5.54. The van der Waals surface area contributed by atoms with E-state index in [9.17, 15) is 18.0 Å². The third kappa shape index (κ3) is 5.41. The molecule has 0 bridgehead atoms.